The predicted molar refractivity (Wildman–Crippen MR) is 102 cm³/mol. The van der Waals surface area contributed by atoms with Gasteiger partial charge in [0.05, 0.1) is 6.67 Å². The fraction of sp³-hybridized carbons (Fsp3) is 0.526. The van der Waals surface area contributed by atoms with E-state index in [1.807, 2.05) is 36.0 Å². The number of aromatic nitrogens is 4. The first-order chi connectivity index (χ1) is 12.7. The third-order valence-corrected chi connectivity index (χ3v) is 6.00. The van der Waals surface area contributed by atoms with Crippen molar-refractivity contribution in [3.63, 3.8) is 0 Å². The smallest absolute Gasteiger partial charge is 0.199 e. The molecular weight excluding hydrogens is 346 g/mol. The van der Waals surface area contributed by atoms with Crippen LogP contribution in [0.1, 0.15) is 49.2 Å². The van der Waals surface area contributed by atoms with Crippen LogP contribution in [0.3, 0.4) is 0 Å². The highest BCUT2D eigenvalue weighted by Crippen LogP contribution is 2.39. The van der Waals surface area contributed by atoms with Gasteiger partial charge < -0.3 is 8.98 Å². The molecule has 1 saturated carbocycles. The molecule has 1 saturated heterocycles. The first kappa shape index (κ1) is 16.2. The number of oxazole rings is 1. The molecule has 26 heavy (non-hydrogen) atoms. The Labute approximate surface area is 157 Å². The summed E-state index contributed by atoms with van der Waals surface area (Å²) in [6, 6.07) is 7.99. The summed E-state index contributed by atoms with van der Waals surface area (Å²) in [5.41, 5.74) is 1.82. The predicted octanol–water partition coefficient (Wildman–Crippen LogP) is 3.81. The lowest BCUT2D eigenvalue weighted by molar-refractivity contribution is 0.147. The third-order valence-electron chi connectivity index (χ3n) is 5.52. The number of fused-ring (bicyclic) bond motifs is 1. The molecule has 1 aromatic carbocycles. The maximum Gasteiger partial charge on any atom is 0.199 e. The van der Waals surface area contributed by atoms with Gasteiger partial charge in [-0.25, -0.2) is 9.67 Å². The van der Waals surface area contributed by atoms with Gasteiger partial charge in [-0.3, -0.25) is 4.90 Å². The van der Waals surface area contributed by atoms with Crippen LogP contribution in [0.2, 0.25) is 0 Å². The van der Waals surface area contributed by atoms with Gasteiger partial charge in [0.15, 0.2) is 16.2 Å². The second-order valence-corrected chi connectivity index (χ2v) is 7.92. The van der Waals surface area contributed by atoms with Crippen LogP contribution in [0.5, 0.6) is 0 Å². The van der Waals surface area contributed by atoms with Gasteiger partial charge in [-0.1, -0.05) is 12.1 Å². The molecule has 3 aromatic rings. The first-order valence-electron chi connectivity index (χ1n) is 9.40. The van der Waals surface area contributed by atoms with Gasteiger partial charge in [-0.05, 0) is 56.6 Å². The molecule has 1 aliphatic carbocycles. The largest absolute Gasteiger partial charge is 0.440 e. The monoisotopic (exact) mass is 369 g/mol. The van der Waals surface area contributed by atoms with Crippen LogP contribution in [0.4, 0.5) is 0 Å². The Morgan fingerprint density at radius 2 is 2.04 bits per heavy atom. The van der Waals surface area contributed by atoms with E-state index >= 15 is 0 Å². The summed E-state index contributed by atoms with van der Waals surface area (Å²) < 4.78 is 10.9. The minimum absolute atomic E-state index is 0.330. The summed E-state index contributed by atoms with van der Waals surface area (Å²) in [5, 5.41) is 4.79. The fourth-order valence-corrected chi connectivity index (χ4v) is 4.13. The number of hydrogen-bond acceptors (Lipinski definition) is 5. The van der Waals surface area contributed by atoms with Crippen LogP contribution >= 0.6 is 12.2 Å². The van der Waals surface area contributed by atoms with Crippen molar-refractivity contribution in [2.45, 2.75) is 44.2 Å². The Morgan fingerprint density at radius 3 is 2.85 bits per heavy atom. The summed E-state index contributed by atoms with van der Waals surface area (Å²) in [5.74, 6) is 2.94. The highest BCUT2D eigenvalue weighted by molar-refractivity contribution is 7.71. The number of rotatable bonds is 4. The lowest BCUT2D eigenvalue weighted by Crippen LogP contribution is -2.36. The Bertz CT molecular complexity index is 966. The fourth-order valence-electron chi connectivity index (χ4n) is 3.93. The molecule has 2 aromatic heterocycles. The van der Waals surface area contributed by atoms with Crippen LogP contribution in [-0.2, 0) is 13.7 Å². The molecule has 2 fully saturated rings. The normalized spacial score (nSPS) is 21.5. The van der Waals surface area contributed by atoms with Crippen molar-refractivity contribution in [1.82, 2.24) is 24.2 Å². The molecule has 2 aliphatic rings. The van der Waals surface area contributed by atoms with E-state index in [0.29, 0.717) is 11.8 Å². The average molecular weight is 369 g/mol. The van der Waals surface area contributed by atoms with E-state index in [-0.39, 0.29) is 0 Å². The molecule has 1 aliphatic heterocycles. The van der Waals surface area contributed by atoms with Gasteiger partial charge in [0.2, 0.25) is 0 Å². The third kappa shape index (κ3) is 2.89. The number of piperidine rings is 1. The van der Waals surface area contributed by atoms with Gasteiger partial charge in [0.25, 0.3) is 0 Å². The van der Waals surface area contributed by atoms with Gasteiger partial charge in [-0.2, -0.15) is 5.10 Å². The van der Waals surface area contributed by atoms with Gasteiger partial charge >= 0.3 is 0 Å². The highest BCUT2D eigenvalue weighted by atomic mass is 32.1. The second kappa shape index (κ2) is 6.32. The molecule has 0 amide bonds. The van der Waals surface area contributed by atoms with Crippen molar-refractivity contribution in [2.24, 2.45) is 7.05 Å². The van der Waals surface area contributed by atoms with Crippen molar-refractivity contribution in [1.29, 1.82) is 0 Å². The number of para-hydroxylation sites is 2. The lowest BCUT2D eigenvalue weighted by atomic mass is 9.98. The minimum Gasteiger partial charge on any atom is -0.440 e. The topological polar surface area (TPSA) is 52.0 Å². The molecule has 7 heteroatoms. The summed E-state index contributed by atoms with van der Waals surface area (Å²) in [6.07, 6.45) is 4.73. The average Bonchev–Trinajstić information content (AvgIpc) is 3.35. The van der Waals surface area contributed by atoms with Crippen molar-refractivity contribution in [3.05, 3.63) is 40.8 Å². The van der Waals surface area contributed by atoms with Crippen LogP contribution in [0, 0.1) is 4.77 Å². The summed E-state index contributed by atoms with van der Waals surface area (Å²) in [7, 11) is 2.04. The van der Waals surface area contributed by atoms with E-state index in [0.717, 1.165) is 60.2 Å². The SMILES string of the molecule is Cn1c(C2CC2)nn(CN2CCC[C@@H](c3nc4ccccc4o3)C2)c1=S. The maximum absolute atomic E-state index is 6.01. The zero-order valence-electron chi connectivity index (χ0n) is 15.0. The van der Waals surface area contributed by atoms with Crippen molar-refractivity contribution < 1.29 is 4.42 Å². The zero-order valence-corrected chi connectivity index (χ0v) is 15.8. The lowest BCUT2D eigenvalue weighted by Gasteiger charge is -2.30. The van der Waals surface area contributed by atoms with Crippen LogP contribution in [0.15, 0.2) is 28.7 Å². The van der Waals surface area contributed by atoms with E-state index < -0.39 is 0 Å². The Balaban J connectivity index is 1.34. The second-order valence-electron chi connectivity index (χ2n) is 7.55. The van der Waals surface area contributed by atoms with E-state index in [2.05, 4.69) is 9.47 Å². The minimum atomic E-state index is 0.330. The molecule has 0 spiro atoms. The number of benzene rings is 1. The first-order valence-corrected chi connectivity index (χ1v) is 9.81. The van der Waals surface area contributed by atoms with E-state index in [4.69, 9.17) is 26.7 Å². The van der Waals surface area contributed by atoms with Gasteiger partial charge in [0, 0.05) is 25.4 Å². The number of nitrogens with zero attached hydrogens (tertiary/aromatic N) is 5. The molecule has 0 bridgehead atoms. The molecule has 0 unspecified atom stereocenters. The van der Waals surface area contributed by atoms with Crippen LogP contribution < -0.4 is 0 Å². The maximum atomic E-state index is 6.01. The summed E-state index contributed by atoms with van der Waals surface area (Å²) in [6.45, 7) is 2.74. The van der Waals surface area contributed by atoms with E-state index in [1.54, 1.807) is 0 Å². The highest BCUT2D eigenvalue weighted by Gasteiger charge is 2.30. The van der Waals surface area contributed by atoms with Crippen LogP contribution in [-0.4, -0.2) is 37.3 Å². The Kier molecular flexibility index (Phi) is 3.94. The van der Waals surface area contributed by atoms with E-state index in [1.165, 1.54) is 12.8 Å². The molecule has 3 heterocycles. The Hall–Kier alpha value is -1.99. The quantitative estimate of drug-likeness (QED) is 0.655. The van der Waals surface area contributed by atoms with Gasteiger partial charge in [0.1, 0.15) is 11.3 Å². The summed E-state index contributed by atoms with van der Waals surface area (Å²) in [4.78, 5) is 7.12. The molecule has 6 nitrogen and oxygen atoms in total. The molecule has 1 atom stereocenters. The van der Waals surface area contributed by atoms with Crippen molar-refractivity contribution in [3.8, 4) is 0 Å². The number of hydrogen-bond donors (Lipinski definition) is 0. The molecule has 5 rings (SSSR count). The molecule has 0 N–H and O–H groups in total. The summed E-state index contributed by atoms with van der Waals surface area (Å²) >= 11 is 5.60. The van der Waals surface area contributed by atoms with E-state index in [9.17, 15) is 0 Å². The Morgan fingerprint density at radius 1 is 1.19 bits per heavy atom. The van der Waals surface area contributed by atoms with Crippen LogP contribution in [0.25, 0.3) is 11.1 Å². The molecule has 136 valence electrons. The van der Waals surface area contributed by atoms with Gasteiger partial charge in [-0.15, -0.1) is 0 Å². The molecule has 0 radical (unpaired) electrons. The standard InChI is InChI=1S/C19H23N5OS/c1-22-17(13-8-9-13)21-24(19(22)26)12-23-10-4-5-14(11-23)18-20-15-6-2-3-7-16(15)25-18/h2-3,6-7,13-14H,4-5,8-12H2,1H3/t14-/m1/s1. The number of likely N-dealkylation sites (tertiary alicyclic amines) is 1. The van der Waals surface area contributed by atoms with Crippen molar-refractivity contribution in [2.75, 3.05) is 13.1 Å². The zero-order chi connectivity index (χ0) is 17.7. The van der Waals surface area contributed by atoms with Crippen molar-refractivity contribution >= 4 is 23.3 Å². The molecular formula is C19H23N5OS.